The zero-order chi connectivity index (χ0) is 11.4. The van der Waals surface area contributed by atoms with E-state index < -0.39 is 0 Å². The molecule has 16 heavy (non-hydrogen) atoms. The molecule has 0 aliphatic rings. The largest absolute Gasteiger partial charge is 0.380 e. The second-order valence-electron chi connectivity index (χ2n) is 3.38. The first kappa shape index (κ1) is 11.6. The maximum atomic E-state index is 4.10. The summed E-state index contributed by atoms with van der Waals surface area (Å²) >= 11 is 6.84. The number of halogens is 2. The number of hydrogen-bond acceptors (Lipinski definition) is 2. The molecule has 0 aliphatic heterocycles. The minimum atomic E-state index is 0.789. The monoisotopic (exact) mass is 340 g/mol. The maximum Gasteiger partial charge on any atom is 0.0540 e. The van der Waals surface area contributed by atoms with Gasteiger partial charge in [-0.25, -0.2) is 0 Å². The Morgan fingerprint density at radius 1 is 1.06 bits per heavy atom. The number of pyridine rings is 1. The minimum absolute atomic E-state index is 0.789. The average molecular weight is 342 g/mol. The molecule has 1 heterocycles. The van der Waals surface area contributed by atoms with Crippen LogP contribution in [0.4, 0.5) is 5.69 Å². The van der Waals surface area contributed by atoms with E-state index in [9.17, 15) is 0 Å². The molecule has 1 aromatic heterocycles. The summed E-state index contributed by atoms with van der Waals surface area (Å²) < 4.78 is 2.07. The highest BCUT2D eigenvalue weighted by atomic mass is 79.9. The molecule has 1 aromatic carbocycles. The van der Waals surface area contributed by atoms with Gasteiger partial charge in [0.15, 0.2) is 0 Å². The van der Waals surface area contributed by atoms with Crippen molar-refractivity contribution in [3.8, 4) is 0 Å². The van der Waals surface area contributed by atoms with E-state index in [0.717, 1.165) is 21.2 Å². The van der Waals surface area contributed by atoms with Crippen LogP contribution >= 0.6 is 31.9 Å². The predicted octanol–water partition coefficient (Wildman–Crippen LogP) is 4.22. The summed E-state index contributed by atoms with van der Waals surface area (Å²) in [7, 11) is 0. The van der Waals surface area contributed by atoms with Gasteiger partial charge in [-0.1, -0.05) is 28.1 Å². The summed E-state index contributed by atoms with van der Waals surface area (Å²) in [6.07, 6.45) is 3.58. The van der Waals surface area contributed by atoms with Crippen LogP contribution < -0.4 is 5.32 Å². The number of hydrogen-bond donors (Lipinski definition) is 1. The van der Waals surface area contributed by atoms with Crippen LogP contribution in [-0.4, -0.2) is 4.98 Å². The number of anilines is 1. The summed E-state index contributed by atoms with van der Waals surface area (Å²) in [6.45, 7) is 0.789. The second kappa shape index (κ2) is 5.46. The van der Waals surface area contributed by atoms with E-state index >= 15 is 0 Å². The highest BCUT2D eigenvalue weighted by Crippen LogP contribution is 2.16. The SMILES string of the molecule is Brc1cccc(CNc2cncc(Br)c2)c1. The molecule has 1 N–H and O–H groups in total. The van der Waals surface area contributed by atoms with Gasteiger partial charge >= 0.3 is 0 Å². The van der Waals surface area contributed by atoms with Crippen molar-refractivity contribution in [2.45, 2.75) is 6.54 Å². The number of benzene rings is 1. The maximum absolute atomic E-state index is 4.10. The van der Waals surface area contributed by atoms with Crippen molar-refractivity contribution in [3.05, 3.63) is 57.2 Å². The van der Waals surface area contributed by atoms with E-state index in [1.54, 1.807) is 6.20 Å². The normalized spacial score (nSPS) is 10.1. The lowest BCUT2D eigenvalue weighted by molar-refractivity contribution is 1.13. The van der Waals surface area contributed by atoms with Gasteiger partial charge in [-0.2, -0.15) is 0 Å². The first-order chi connectivity index (χ1) is 7.74. The Morgan fingerprint density at radius 2 is 1.94 bits per heavy atom. The number of rotatable bonds is 3. The van der Waals surface area contributed by atoms with Gasteiger partial charge < -0.3 is 5.32 Å². The molecule has 2 aromatic rings. The van der Waals surface area contributed by atoms with Gasteiger partial charge in [-0.15, -0.1) is 0 Å². The Morgan fingerprint density at radius 3 is 2.69 bits per heavy atom. The van der Waals surface area contributed by atoms with E-state index in [2.05, 4.69) is 54.3 Å². The molecule has 0 bridgehead atoms. The molecule has 82 valence electrons. The molecule has 0 spiro atoms. The number of nitrogens with one attached hydrogen (secondary N) is 1. The molecular formula is C12H10Br2N2. The third-order valence-corrected chi connectivity index (χ3v) is 3.02. The van der Waals surface area contributed by atoms with Crippen molar-refractivity contribution in [1.29, 1.82) is 0 Å². The molecule has 0 radical (unpaired) electrons. The van der Waals surface area contributed by atoms with Gasteiger partial charge in [0.05, 0.1) is 11.9 Å². The van der Waals surface area contributed by atoms with E-state index in [0.29, 0.717) is 0 Å². The summed E-state index contributed by atoms with van der Waals surface area (Å²) in [4.78, 5) is 4.10. The van der Waals surface area contributed by atoms with Gasteiger partial charge in [0, 0.05) is 21.7 Å². The highest BCUT2D eigenvalue weighted by Gasteiger charge is 1.96. The van der Waals surface area contributed by atoms with E-state index in [1.807, 2.05) is 24.4 Å². The van der Waals surface area contributed by atoms with Crippen molar-refractivity contribution in [1.82, 2.24) is 4.98 Å². The molecule has 0 fully saturated rings. The fourth-order valence-electron chi connectivity index (χ4n) is 1.36. The molecule has 0 amide bonds. The summed E-state index contributed by atoms with van der Waals surface area (Å²) in [5.41, 5.74) is 2.24. The molecule has 2 nitrogen and oxygen atoms in total. The van der Waals surface area contributed by atoms with E-state index in [1.165, 1.54) is 5.56 Å². The fraction of sp³-hybridized carbons (Fsp3) is 0.0833. The van der Waals surface area contributed by atoms with Crippen molar-refractivity contribution < 1.29 is 0 Å². The summed E-state index contributed by atoms with van der Waals surface area (Å²) in [5.74, 6) is 0. The Bertz CT molecular complexity index is 440. The Hall–Kier alpha value is -0.870. The molecule has 0 atom stereocenters. The van der Waals surface area contributed by atoms with Crippen LogP contribution in [0.2, 0.25) is 0 Å². The molecule has 4 heteroatoms. The lowest BCUT2D eigenvalue weighted by Crippen LogP contribution is -1.99. The minimum Gasteiger partial charge on any atom is -0.380 e. The van der Waals surface area contributed by atoms with Crippen molar-refractivity contribution in [2.75, 3.05) is 5.32 Å². The Kier molecular flexibility index (Phi) is 3.96. The van der Waals surface area contributed by atoms with Gasteiger partial charge in [-0.05, 0) is 39.7 Å². The van der Waals surface area contributed by atoms with Crippen LogP contribution in [0.25, 0.3) is 0 Å². The zero-order valence-corrected chi connectivity index (χ0v) is 11.6. The van der Waals surface area contributed by atoms with Crippen LogP contribution in [0.1, 0.15) is 5.56 Å². The molecule has 0 unspecified atom stereocenters. The van der Waals surface area contributed by atoms with Gasteiger partial charge in [0.25, 0.3) is 0 Å². The highest BCUT2D eigenvalue weighted by molar-refractivity contribution is 9.10. The Labute approximate surface area is 111 Å². The van der Waals surface area contributed by atoms with E-state index in [-0.39, 0.29) is 0 Å². The van der Waals surface area contributed by atoms with Crippen LogP contribution in [0.15, 0.2) is 51.7 Å². The third kappa shape index (κ3) is 3.32. The fourth-order valence-corrected chi connectivity index (χ4v) is 2.17. The van der Waals surface area contributed by atoms with Crippen LogP contribution in [0.3, 0.4) is 0 Å². The van der Waals surface area contributed by atoms with Crippen LogP contribution in [-0.2, 0) is 6.54 Å². The molecule has 0 saturated heterocycles. The average Bonchev–Trinajstić information content (AvgIpc) is 2.27. The lowest BCUT2D eigenvalue weighted by atomic mass is 10.2. The standard InChI is InChI=1S/C12H10Br2N2/c13-10-3-1-2-9(4-10)6-16-12-5-11(14)7-15-8-12/h1-5,7-8,16H,6H2. The van der Waals surface area contributed by atoms with Crippen molar-refractivity contribution in [3.63, 3.8) is 0 Å². The smallest absolute Gasteiger partial charge is 0.0540 e. The summed E-state index contributed by atoms with van der Waals surface area (Å²) in [5, 5.41) is 3.32. The zero-order valence-electron chi connectivity index (χ0n) is 8.45. The topological polar surface area (TPSA) is 24.9 Å². The quantitative estimate of drug-likeness (QED) is 0.904. The second-order valence-corrected chi connectivity index (χ2v) is 5.21. The van der Waals surface area contributed by atoms with Crippen molar-refractivity contribution in [2.24, 2.45) is 0 Å². The first-order valence-electron chi connectivity index (χ1n) is 4.83. The van der Waals surface area contributed by atoms with Crippen molar-refractivity contribution >= 4 is 37.5 Å². The molecule has 0 saturated carbocycles. The van der Waals surface area contributed by atoms with Crippen LogP contribution in [0.5, 0.6) is 0 Å². The summed E-state index contributed by atoms with van der Waals surface area (Å²) in [6, 6.07) is 10.2. The lowest BCUT2D eigenvalue weighted by Gasteiger charge is -2.06. The van der Waals surface area contributed by atoms with Gasteiger partial charge in [0.1, 0.15) is 0 Å². The Balaban J connectivity index is 2.02. The van der Waals surface area contributed by atoms with Gasteiger partial charge in [-0.3, -0.25) is 4.98 Å². The molecule has 2 rings (SSSR count). The number of nitrogens with zero attached hydrogens (tertiary/aromatic N) is 1. The van der Waals surface area contributed by atoms with Gasteiger partial charge in [0.2, 0.25) is 0 Å². The van der Waals surface area contributed by atoms with Crippen LogP contribution in [0, 0.1) is 0 Å². The number of aromatic nitrogens is 1. The first-order valence-corrected chi connectivity index (χ1v) is 6.41. The molecule has 0 aliphatic carbocycles. The third-order valence-electron chi connectivity index (χ3n) is 2.09. The molecular weight excluding hydrogens is 332 g/mol. The predicted molar refractivity (Wildman–Crippen MR) is 73.4 cm³/mol. The van der Waals surface area contributed by atoms with E-state index in [4.69, 9.17) is 0 Å².